The predicted molar refractivity (Wildman–Crippen MR) is 81.3 cm³/mol. The van der Waals surface area contributed by atoms with Crippen molar-refractivity contribution in [3.8, 4) is 0 Å². The lowest BCUT2D eigenvalue weighted by Crippen LogP contribution is -2.53. The number of carbonyl (C=O) groups is 2. The Bertz CT molecular complexity index is 475. The molecular formula is C14H19NO3S2. The maximum absolute atomic E-state index is 12.4. The molecule has 1 fully saturated rings. The number of amides is 1. The Labute approximate surface area is 127 Å². The predicted octanol–water partition coefficient (Wildman–Crippen LogP) is 3.09. The zero-order valence-electron chi connectivity index (χ0n) is 11.5. The molecule has 1 aliphatic heterocycles. The Morgan fingerprint density at radius 2 is 2.35 bits per heavy atom. The number of hydrogen-bond acceptors (Lipinski definition) is 4. The SMILES string of the molecule is CCCC1(C(=O)O)CCCN1C(=O)CSc1cccs1. The van der Waals surface area contributed by atoms with Gasteiger partial charge in [-0.25, -0.2) is 4.79 Å². The van der Waals surface area contributed by atoms with Crippen molar-refractivity contribution in [3.63, 3.8) is 0 Å². The van der Waals surface area contributed by atoms with Gasteiger partial charge in [0, 0.05) is 6.54 Å². The second kappa shape index (κ2) is 6.63. The number of carboxylic acids is 1. The van der Waals surface area contributed by atoms with Gasteiger partial charge in [0.1, 0.15) is 5.54 Å². The fourth-order valence-corrected chi connectivity index (χ4v) is 4.46. The first kappa shape index (κ1) is 15.4. The summed E-state index contributed by atoms with van der Waals surface area (Å²) < 4.78 is 1.09. The van der Waals surface area contributed by atoms with Crippen molar-refractivity contribution in [1.82, 2.24) is 4.90 Å². The number of thiophene rings is 1. The molecule has 1 atom stereocenters. The van der Waals surface area contributed by atoms with Gasteiger partial charge in [0.2, 0.25) is 5.91 Å². The van der Waals surface area contributed by atoms with E-state index in [4.69, 9.17) is 0 Å². The summed E-state index contributed by atoms with van der Waals surface area (Å²) in [7, 11) is 0. The van der Waals surface area contributed by atoms with Crippen LogP contribution in [0.5, 0.6) is 0 Å². The number of likely N-dealkylation sites (tertiary alicyclic amines) is 1. The summed E-state index contributed by atoms with van der Waals surface area (Å²) in [6.45, 7) is 2.53. The Morgan fingerprint density at radius 3 is 2.95 bits per heavy atom. The third kappa shape index (κ3) is 3.01. The first-order valence-electron chi connectivity index (χ1n) is 6.80. The molecular weight excluding hydrogens is 294 g/mol. The van der Waals surface area contributed by atoms with Crippen LogP contribution in [-0.2, 0) is 9.59 Å². The number of rotatable bonds is 6. The van der Waals surface area contributed by atoms with Gasteiger partial charge in [-0.05, 0) is 30.7 Å². The molecule has 4 nitrogen and oxygen atoms in total. The van der Waals surface area contributed by atoms with Crippen molar-refractivity contribution in [2.75, 3.05) is 12.3 Å². The molecule has 1 aromatic heterocycles. The zero-order valence-corrected chi connectivity index (χ0v) is 13.1. The highest BCUT2D eigenvalue weighted by Crippen LogP contribution is 2.35. The number of nitrogens with zero attached hydrogens (tertiary/aromatic N) is 1. The largest absolute Gasteiger partial charge is 0.479 e. The summed E-state index contributed by atoms with van der Waals surface area (Å²) in [5.41, 5.74) is -0.970. The Hall–Kier alpha value is -1.01. The number of thioether (sulfide) groups is 1. The summed E-state index contributed by atoms with van der Waals surface area (Å²) in [5.74, 6) is -0.595. The molecule has 0 bridgehead atoms. The minimum atomic E-state index is -0.970. The van der Waals surface area contributed by atoms with Crippen LogP contribution in [0.4, 0.5) is 0 Å². The Kier molecular flexibility index (Phi) is 5.10. The van der Waals surface area contributed by atoms with Gasteiger partial charge in [0.25, 0.3) is 0 Å². The van der Waals surface area contributed by atoms with Crippen molar-refractivity contribution in [2.45, 2.75) is 42.4 Å². The lowest BCUT2D eigenvalue weighted by atomic mass is 9.90. The van der Waals surface area contributed by atoms with Crippen molar-refractivity contribution in [1.29, 1.82) is 0 Å². The third-order valence-corrected chi connectivity index (χ3v) is 5.80. The van der Waals surface area contributed by atoms with Crippen molar-refractivity contribution in [2.24, 2.45) is 0 Å². The molecule has 1 saturated heterocycles. The minimum Gasteiger partial charge on any atom is -0.479 e. The normalized spacial score (nSPS) is 22.1. The van der Waals surface area contributed by atoms with Crippen LogP contribution in [0.25, 0.3) is 0 Å². The third-order valence-electron chi connectivity index (χ3n) is 3.68. The van der Waals surface area contributed by atoms with Crippen LogP contribution in [0, 0.1) is 0 Å². The van der Waals surface area contributed by atoms with Crippen LogP contribution in [-0.4, -0.2) is 39.7 Å². The van der Waals surface area contributed by atoms with Gasteiger partial charge in [-0.2, -0.15) is 0 Å². The van der Waals surface area contributed by atoms with Crippen LogP contribution < -0.4 is 0 Å². The first-order chi connectivity index (χ1) is 9.60. The molecule has 1 amide bonds. The highest BCUT2D eigenvalue weighted by molar-refractivity contribution is 8.01. The minimum absolute atomic E-state index is 0.0586. The van der Waals surface area contributed by atoms with Gasteiger partial charge in [0.15, 0.2) is 0 Å². The lowest BCUT2D eigenvalue weighted by Gasteiger charge is -2.34. The van der Waals surface area contributed by atoms with E-state index in [-0.39, 0.29) is 5.91 Å². The lowest BCUT2D eigenvalue weighted by molar-refractivity contribution is -0.156. The summed E-state index contributed by atoms with van der Waals surface area (Å²) in [6.07, 6.45) is 2.67. The van der Waals surface area contributed by atoms with Crippen LogP contribution in [0.2, 0.25) is 0 Å². The maximum Gasteiger partial charge on any atom is 0.329 e. The molecule has 1 aliphatic rings. The van der Waals surface area contributed by atoms with Gasteiger partial charge in [-0.1, -0.05) is 19.4 Å². The fraction of sp³-hybridized carbons (Fsp3) is 0.571. The van der Waals surface area contributed by atoms with E-state index in [1.54, 1.807) is 16.2 Å². The molecule has 0 aromatic carbocycles. The van der Waals surface area contributed by atoms with Crippen LogP contribution in [0.3, 0.4) is 0 Å². The quantitative estimate of drug-likeness (QED) is 0.820. The molecule has 1 N–H and O–H groups in total. The second-order valence-corrected chi connectivity index (χ2v) is 7.18. The molecule has 6 heteroatoms. The van der Waals surface area contributed by atoms with E-state index in [9.17, 15) is 14.7 Å². The fourth-order valence-electron chi connectivity index (χ4n) is 2.80. The van der Waals surface area contributed by atoms with Crippen LogP contribution in [0.15, 0.2) is 21.7 Å². The standard InChI is InChI=1S/C14H19NO3S2/c1-2-6-14(13(17)18)7-4-8-15(14)11(16)10-20-12-5-3-9-19-12/h3,5,9H,2,4,6-8,10H2,1H3,(H,17,18). The van der Waals surface area contributed by atoms with E-state index in [0.29, 0.717) is 25.1 Å². The second-order valence-electron chi connectivity index (χ2n) is 4.96. The molecule has 110 valence electrons. The topological polar surface area (TPSA) is 57.6 Å². The average Bonchev–Trinajstić information content (AvgIpc) is 3.06. The number of carboxylic acid groups (broad SMARTS) is 1. The van der Waals surface area contributed by atoms with Gasteiger partial charge >= 0.3 is 5.97 Å². The Balaban J connectivity index is 2.05. The maximum atomic E-state index is 12.4. The number of aliphatic carboxylic acids is 1. The molecule has 0 radical (unpaired) electrons. The monoisotopic (exact) mass is 313 g/mol. The molecule has 20 heavy (non-hydrogen) atoms. The van der Waals surface area contributed by atoms with E-state index in [2.05, 4.69) is 0 Å². The summed E-state index contributed by atoms with van der Waals surface area (Å²) in [5, 5.41) is 11.5. The van der Waals surface area contributed by atoms with Crippen molar-refractivity contribution >= 4 is 35.0 Å². The van der Waals surface area contributed by atoms with Gasteiger partial charge in [-0.3, -0.25) is 4.79 Å². The molecule has 1 aromatic rings. The molecule has 2 heterocycles. The first-order valence-corrected chi connectivity index (χ1v) is 8.67. The van der Waals surface area contributed by atoms with Gasteiger partial charge in [-0.15, -0.1) is 23.1 Å². The summed E-state index contributed by atoms with van der Waals surface area (Å²) in [4.78, 5) is 25.6. The van der Waals surface area contributed by atoms with Crippen LogP contribution in [0.1, 0.15) is 32.6 Å². The zero-order chi connectivity index (χ0) is 14.6. The van der Waals surface area contributed by atoms with E-state index < -0.39 is 11.5 Å². The van der Waals surface area contributed by atoms with Gasteiger partial charge in [0.05, 0.1) is 9.96 Å². The average molecular weight is 313 g/mol. The van der Waals surface area contributed by atoms with Crippen molar-refractivity contribution < 1.29 is 14.7 Å². The van der Waals surface area contributed by atoms with E-state index in [0.717, 1.165) is 17.1 Å². The smallest absolute Gasteiger partial charge is 0.329 e. The Morgan fingerprint density at radius 1 is 1.55 bits per heavy atom. The highest BCUT2D eigenvalue weighted by atomic mass is 32.2. The number of hydrogen-bond donors (Lipinski definition) is 1. The molecule has 1 unspecified atom stereocenters. The molecule has 0 aliphatic carbocycles. The van der Waals surface area contributed by atoms with Gasteiger partial charge < -0.3 is 10.0 Å². The summed E-state index contributed by atoms with van der Waals surface area (Å²) >= 11 is 3.09. The van der Waals surface area contributed by atoms with Crippen molar-refractivity contribution in [3.05, 3.63) is 17.5 Å². The molecule has 0 spiro atoms. The van der Waals surface area contributed by atoms with E-state index in [1.165, 1.54) is 11.8 Å². The van der Waals surface area contributed by atoms with E-state index in [1.807, 2.05) is 24.4 Å². The molecule has 2 rings (SSSR count). The summed E-state index contributed by atoms with van der Waals surface area (Å²) in [6, 6.07) is 3.93. The highest BCUT2D eigenvalue weighted by Gasteiger charge is 2.48. The molecule has 0 saturated carbocycles. The van der Waals surface area contributed by atoms with E-state index >= 15 is 0 Å². The number of carbonyl (C=O) groups excluding carboxylic acids is 1. The van der Waals surface area contributed by atoms with Crippen LogP contribution >= 0.6 is 23.1 Å².